The number of rotatable bonds is 5. The van der Waals surface area contributed by atoms with Crippen LogP contribution in [-0.2, 0) is 4.79 Å². The Morgan fingerprint density at radius 2 is 2.40 bits per heavy atom. The number of nitrogens with zero attached hydrogens (tertiary/aromatic N) is 2. The maximum atomic E-state index is 11.2. The fourth-order valence-corrected chi connectivity index (χ4v) is 1.65. The number of ketones is 1. The van der Waals surface area contributed by atoms with Crippen molar-refractivity contribution in [3.8, 4) is 0 Å². The Morgan fingerprint density at radius 3 is 3.00 bits per heavy atom. The van der Waals surface area contributed by atoms with Gasteiger partial charge >= 0.3 is 6.20 Å². The largest absolute Gasteiger partial charge is 0.505 e. The minimum absolute atomic E-state index is 0.0734. The van der Waals surface area contributed by atoms with E-state index in [1.807, 2.05) is 6.08 Å². The van der Waals surface area contributed by atoms with Crippen LogP contribution in [0.5, 0.6) is 0 Å². The number of aliphatic hydroxyl groups is 1. The fraction of sp³-hybridized carbons (Fsp3) is 0.545. The third-order valence-electron chi connectivity index (χ3n) is 2.46. The second-order valence-corrected chi connectivity index (χ2v) is 3.63. The van der Waals surface area contributed by atoms with E-state index in [-0.39, 0.29) is 11.5 Å². The van der Waals surface area contributed by atoms with Crippen molar-refractivity contribution in [2.45, 2.75) is 38.5 Å². The third-order valence-corrected chi connectivity index (χ3v) is 2.46. The number of hydrogen-bond donors (Lipinski definition) is 1. The zero-order valence-corrected chi connectivity index (χ0v) is 8.65. The summed E-state index contributed by atoms with van der Waals surface area (Å²) in [6, 6.07) is 0. The van der Waals surface area contributed by atoms with Gasteiger partial charge in [0.15, 0.2) is 16.5 Å². The molecule has 0 heterocycles. The van der Waals surface area contributed by atoms with Crippen LogP contribution in [0, 0.1) is 5.39 Å². The van der Waals surface area contributed by atoms with E-state index in [4.69, 9.17) is 10.5 Å². The number of hydrogen-bond acceptors (Lipinski definition) is 3. The van der Waals surface area contributed by atoms with Crippen molar-refractivity contribution in [3.05, 3.63) is 28.6 Å². The summed E-state index contributed by atoms with van der Waals surface area (Å²) in [6.07, 6.45) is 7.52. The molecule has 4 heteroatoms. The lowest BCUT2D eigenvalue weighted by molar-refractivity contribution is -0.115. The van der Waals surface area contributed by atoms with E-state index in [1.54, 1.807) is 0 Å². The highest BCUT2D eigenvalue weighted by molar-refractivity contribution is 5.97. The predicted molar refractivity (Wildman–Crippen MR) is 56.6 cm³/mol. The zero-order chi connectivity index (χ0) is 11.1. The van der Waals surface area contributed by atoms with Gasteiger partial charge in [-0.05, 0) is 31.3 Å². The molecule has 1 aliphatic carbocycles. The monoisotopic (exact) mass is 207 g/mol. The predicted octanol–water partition coefficient (Wildman–Crippen LogP) is 3.09. The Hall–Kier alpha value is -1.63. The summed E-state index contributed by atoms with van der Waals surface area (Å²) < 4.78 is 0. The Kier molecular flexibility index (Phi) is 4.55. The average Bonchev–Trinajstić information content (AvgIpc) is 2.60. The first kappa shape index (κ1) is 11.4. The lowest BCUT2D eigenvalue weighted by Crippen LogP contribution is -1.95. The van der Waals surface area contributed by atoms with Crippen molar-refractivity contribution in [2.75, 3.05) is 0 Å². The molecule has 0 aromatic rings. The minimum atomic E-state index is 0.0734. The van der Waals surface area contributed by atoms with Gasteiger partial charge in [0.2, 0.25) is 5.39 Å². The van der Waals surface area contributed by atoms with Gasteiger partial charge in [-0.2, -0.15) is 0 Å². The molecule has 0 saturated carbocycles. The molecule has 0 aromatic carbocycles. The molecule has 0 aromatic heterocycles. The standard InChI is InChI=1S/C11H14N2O2/c12-13-8-10(14)6-2-1-4-9-5-3-7-11(9)15/h5,8H,1-4,6-7H2/p+1/b10-8-. The molecule has 0 amide bonds. The van der Waals surface area contributed by atoms with Crippen LogP contribution < -0.4 is 0 Å². The molecule has 0 fully saturated rings. The number of carbonyl (C=O) groups excluding carboxylic acids is 1. The van der Waals surface area contributed by atoms with Crippen molar-refractivity contribution < 1.29 is 9.90 Å². The third kappa shape index (κ3) is 3.94. The molecule has 1 N–H and O–H groups in total. The Morgan fingerprint density at radius 1 is 1.60 bits per heavy atom. The molecule has 0 radical (unpaired) electrons. The van der Waals surface area contributed by atoms with E-state index < -0.39 is 0 Å². The quantitative estimate of drug-likeness (QED) is 0.428. The zero-order valence-electron chi connectivity index (χ0n) is 8.65. The van der Waals surface area contributed by atoms with Crippen LogP contribution in [-0.4, -0.2) is 10.9 Å². The van der Waals surface area contributed by atoms with Crippen LogP contribution in [0.4, 0.5) is 0 Å². The van der Waals surface area contributed by atoms with E-state index in [0.717, 1.165) is 37.5 Å². The summed E-state index contributed by atoms with van der Waals surface area (Å²) in [7, 11) is 0. The molecule has 1 aliphatic rings. The van der Waals surface area contributed by atoms with Crippen LogP contribution in [0.3, 0.4) is 0 Å². The molecule has 80 valence electrons. The summed E-state index contributed by atoms with van der Waals surface area (Å²) in [5.74, 6) is 0.337. The van der Waals surface area contributed by atoms with Crippen molar-refractivity contribution in [3.63, 3.8) is 0 Å². The number of aliphatic hydroxyl groups excluding tert-OH is 1. The van der Waals surface area contributed by atoms with Gasteiger partial charge in [-0.3, -0.25) is 4.79 Å². The smallest absolute Gasteiger partial charge is 0.387 e. The van der Waals surface area contributed by atoms with E-state index in [1.165, 1.54) is 0 Å². The molecule has 1 rings (SSSR count). The lowest BCUT2D eigenvalue weighted by Gasteiger charge is -1.99. The first-order valence-corrected chi connectivity index (χ1v) is 5.18. The van der Waals surface area contributed by atoms with Crippen LogP contribution in [0.1, 0.15) is 38.5 Å². The summed E-state index contributed by atoms with van der Waals surface area (Å²) in [6.45, 7) is 0. The lowest BCUT2D eigenvalue weighted by atomic mass is 10.1. The average molecular weight is 207 g/mol. The van der Waals surface area contributed by atoms with Crippen LogP contribution in [0.25, 0.3) is 4.98 Å². The van der Waals surface area contributed by atoms with Gasteiger partial charge in [0.1, 0.15) is 0 Å². The van der Waals surface area contributed by atoms with Gasteiger partial charge in [-0.1, -0.05) is 6.08 Å². The topological polar surface area (TPSA) is 65.4 Å². The van der Waals surface area contributed by atoms with Crippen molar-refractivity contribution in [2.24, 2.45) is 0 Å². The highest BCUT2D eigenvalue weighted by atomic mass is 16.3. The van der Waals surface area contributed by atoms with Gasteiger partial charge < -0.3 is 5.11 Å². The highest BCUT2D eigenvalue weighted by Gasteiger charge is 2.13. The first-order chi connectivity index (χ1) is 7.24. The number of unbranched alkanes of at least 4 members (excludes halogenated alkanes) is 1. The normalized spacial score (nSPS) is 16.3. The van der Waals surface area contributed by atoms with Gasteiger partial charge in [0.25, 0.3) is 0 Å². The summed E-state index contributed by atoms with van der Waals surface area (Å²) >= 11 is 0. The van der Waals surface area contributed by atoms with Gasteiger partial charge in [-0.15, -0.1) is 0 Å². The molecule has 15 heavy (non-hydrogen) atoms. The van der Waals surface area contributed by atoms with Crippen LogP contribution in [0.15, 0.2) is 23.6 Å². The molecular formula is C11H15N2O2+. The molecule has 0 saturated heterocycles. The number of carbonyl (C=O) groups is 1. The molecule has 0 aliphatic heterocycles. The van der Waals surface area contributed by atoms with E-state index in [2.05, 4.69) is 4.98 Å². The Balaban J connectivity index is 2.15. The maximum Gasteiger partial charge on any atom is 0.387 e. The molecule has 0 unspecified atom stereocenters. The van der Waals surface area contributed by atoms with Crippen LogP contribution >= 0.6 is 0 Å². The Labute approximate surface area is 88.9 Å². The van der Waals surface area contributed by atoms with Crippen molar-refractivity contribution in [1.29, 1.82) is 5.39 Å². The summed E-state index contributed by atoms with van der Waals surface area (Å²) in [5, 5.41) is 17.3. The highest BCUT2D eigenvalue weighted by Crippen LogP contribution is 2.20. The first-order valence-electron chi connectivity index (χ1n) is 5.18. The maximum absolute atomic E-state index is 11.2. The van der Waals surface area contributed by atoms with Crippen molar-refractivity contribution in [1.82, 2.24) is 0 Å². The van der Waals surface area contributed by atoms with E-state index in [0.29, 0.717) is 12.8 Å². The minimum Gasteiger partial charge on any atom is -0.505 e. The number of Topliss-reactive ketones (excluding diaryl/α,β-unsaturated/α-hetero) is 1. The summed E-state index contributed by atoms with van der Waals surface area (Å²) in [5.41, 5.74) is 0.935. The summed E-state index contributed by atoms with van der Waals surface area (Å²) in [4.78, 5) is 14.0. The second-order valence-electron chi connectivity index (χ2n) is 3.63. The molecule has 4 nitrogen and oxygen atoms in total. The Bertz CT molecular complexity index is 337. The van der Waals surface area contributed by atoms with E-state index >= 15 is 0 Å². The van der Waals surface area contributed by atoms with Gasteiger partial charge in [-0.25, -0.2) is 0 Å². The second kappa shape index (κ2) is 5.97. The SMILES string of the molecule is N#[N+]/C=C(\O)CCCCC1=CCCC1=O. The van der Waals surface area contributed by atoms with Crippen LogP contribution in [0.2, 0.25) is 0 Å². The van der Waals surface area contributed by atoms with Crippen molar-refractivity contribution >= 4 is 5.78 Å². The number of diazo groups is 1. The number of allylic oxidation sites excluding steroid dienone is 3. The fourth-order valence-electron chi connectivity index (χ4n) is 1.65. The molecule has 0 atom stereocenters. The molecule has 0 bridgehead atoms. The van der Waals surface area contributed by atoms with Gasteiger partial charge in [0.05, 0.1) is 0 Å². The van der Waals surface area contributed by atoms with E-state index in [9.17, 15) is 4.79 Å². The van der Waals surface area contributed by atoms with Gasteiger partial charge in [0, 0.05) is 12.8 Å². The molecule has 0 spiro atoms. The molecular weight excluding hydrogens is 192 g/mol.